The van der Waals surface area contributed by atoms with E-state index in [1.807, 2.05) is 17.0 Å². The second-order valence-electron chi connectivity index (χ2n) is 5.53. The van der Waals surface area contributed by atoms with Gasteiger partial charge in [-0.3, -0.25) is 4.98 Å². The highest BCUT2D eigenvalue weighted by atomic mass is 35.5. The largest absolute Gasteiger partial charge is 0.331 e. The zero-order valence-electron chi connectivity index (χ0n) is 12.6. The number of urea groups is 1. The van der Waals surface area contributed by atoms with Crippen molar-refractivity contribution in [2.24, 2.45) is 0 Å². The summed E-state index contributed by atoms with van der Waals surface area (Å²) in [7, 11) is 3.59. The van der Waals surface area contributed by atoms with Crippen LogP contribution < -0.4 is 0 Å². The van der Waals surface area contributed by atoms with E-state index in [9.17, 15) is 4.79 Å². The summed E-state index contributed by atoms with van der Waals surface area (Å²) in [6.45, 7) is 3.54. The number of fused-ring (bicyclic) bond motifs is 2. The zero-order chi connectivity index (χ0) is 14.3. The third-order valence-corrected chi connectivity index (χ3v) is 3.99. The number of carbonyl (C=O) groups is 1. The number of amides is 2. The van der Waals surface area contributed by atoms with E-state index < -0.39 is 0 Å². The molecule has 0 aliphatic carbocycles. The molecule has 1 aromatic heterocycles. The third kappa shape index (κ3) is 2.68. The van der Waals surface area contributed by atoms with Gasteiger partial charge in [0.2, 0.25) is 0 Å². The molecule has 1 aliphatic heterocycles. The van der Waals surface area contributed by atoms with Crippen LogP contribution in [0.25, 0.3) is 10.9 Å². The van der Waals surface area contributed by atoms with Crippen molar-refractivity contribution < 1.29 is 4.79 Å². The van der Waals surface area contributed by atoms with Crippen LogP contribution in [-0.4, -0.2) is 41.5 Å². The standard InChI is InChI=1S/C16H19N3O.ClH/c1-11-12-6-4-5-7-14(12)17-15-8-9-19(10-13(11)15)16(20)18(2)3;/h4-7H,8-10H2,1-3H3;1H. The average Bonchev–Trinajstić information content (AvgIpc) is 2.46. The minimum Gasteiger partial charge on any atom is -0.331 e. The van der Waals surface area contributed by atoms with Crippen LogP contribution in [-0.2, 0) is 13.0 Å². The highest BCUT2D eigenvalue weighted by Gasteiger charge is 2.24. The Hall–Kier alpha value is -1.81. The van der Waals surface area contributed by atoms with E-state index in [0.29, 0.717) is 6.54 Å². The van der Waals surface area contributed by atoms with Crippen molar-refractivity contribution in [1.29, 1.82) is 0 Å². The molecule has 0 bridgehead atoms. The Labute approximate surface area is 131 Å². The molecule has 0 radical (unpaired) electrons. The molecule has 0 saturated heterocycles. The second kappa shape index (κ2) is 5.90. The van der Waals surface area contributed by atoms with Gasteiger partial charge in [0.05, 0.1) is 5.52 Å². The number of rotatable bonds is 0. The number of hydrogen-bond acceptors (Lipinski definition) is 2. The number of halogens is 1. The Morgan fingerprint density at radius 3 is 2.71 bits per heavy atom. The average molecular weight is 306 g/mol. The van der Waals surface area contributed by atoms with Crippen LogP contribution in [0.5, 0.6) is 0 Å². The minimum absolute atomic E-state index is 0. The lowest BCUT2D eigenvalue weighted by molar-refractivity contribution is 0.165. The summed E-state index contributed by atoms with van der Waals surface area (Å²) in [4.78, 5) is 20.4. The maximum absolute atomic E-state index is 12.1. The molecule has 2 amide bonds. The molecule has 1 aliphatic rings. The van der Waals surface area contributed by atoms with Crippen LogP contribution in [0.4, 0.5) is 4.79 Å². The summed E-state index contributed by atoms with van der Waals surface area (Å²) in [5, 5.41) is 1.19. The number of benzene rings is 1. The van der Waals surface area contributed by atoms with Gasteiger partial charge in [-0.05, 0) is 24.1 Å². The Balaban J connectivity index is 0.00000161. The number of nitrogens with zero attached hydrogens (tertiary/aromatic N) is 3. The van der Waals surface area contributed by atoms with Gasteiger partial charge < -0.3 is 9.80 Å². The van der Waals surface area contributed by atoms with Crippen molar-refractivity contribution in [3.63, 3.8) is 0 Å². The molecule has 3 rings (SSSR count). The third-order valence-electron chi connectivity index (χ3n) is 3.99. The predicted molar refractivity (Wildman–Crippen MR) is 86.9 cm³/mol. The minimum atomic E-state index is 0. The summed E-state index contributed by atoms with van der Waals surface area (Å²) >= 11 is 0. The van der Waals surface area contributed by atoms with Crippen LogP contribution in [0.2, 0.25) is 0 Å². The van der Waals surface area contributed by atoms with Crippen LogP contribution in [0.3, 0.4) is 0 Å². The molecule has 21 heavy (non-hydrogen) atoms. The fourth-order valence-corrected chi connectivity index (χ4v) is 2.85. The quantitative estimate of drug-likeness (QED) is 0.750. The predicted octanol–water partition coefficient (Wildman–Crippen LogP) is 3.00. The Kier molecular flexibility index (Phi) is 4.37. The van der Waals surface area contributed by atoms with Gasteiger partial charge >= 0.3 is 6.03 Å². The molecule has 0 atom stereocenters. The first-order valence-electron chi connectivity index (χ1n) is 6.91. The van der Waals surface area contributed by atoms with Gasteiger partial charge in [-0.25, -0.2) is 4.79 Å². The molecule has 4 nitrogen and oxygen atoms in total. The molecule has 0 N–H and O–H groups in total. The lowest BCUT2D eigenvalue weighted by atomic mass is 9.97. The molecule has 112 valence electrons. The molecular formula is C16H20ClN3O. The van der Waals surface area contributed by atoms with Crippen molar-refractivity contribution in [1.82, 2.24) is 14.8 Å². The number of aromatic nitrogens is 1. The van der Waals surface area contributed by atoms with E-state index in [-0.39, 0.29) is 18.4 Å². The van der Waals surface area contributed by atoms with Crippen LogP contribution >= 0.6 is 12.4 Å². The van der Waals surface area contributed by atoms with Crippen LogP contribution in [0, 0.1) is 6.92 Å². The summed E-state index contributed by atoms with van der Waals surface area (Å²) in [5.41, 5.74) is 4.66. The lowest BCUT2D eigenvalue weighted by Gasteiger charge is -2.31. The van der Waals surface area contributed by atoms with Gasteiger partial charge in [0.25, 0.3) is 0 Å². The van der Waals surface area contributed by atoms with Crippen molar-refractivity contribution in [3.8, 4) is 0 Å². The number of pyridine rings is 1. The van der Waals surface area contributed by atoms with E-state index in [1.165, 1.54) is 16.5 Å². The summed E-state index contributed by atoms with van der Waals surface area (Å²) in [6.07, 6.45) is 0.834. The molecular weight excluding hydrogens is 286 g/mol. The summed E-state index contributed by atoms with van der Waals surface area (Å²) < 4.78 is 0. The van der Waals surface area contributed by atoms with Crippen molar-refractivity contribution in [2.75, 3.05) is 20.6 Å². The molecule has 2 aromatic rings. The van der Waals surface area contributed by atoms with E-state index >= 15 is 0 Å². The van der Waals surface area contributed by atoms with Gasteiger partial charge in [0.15, 0.2) is 0 Å². The van der Waals surface area contributed by atoms with Crippen molar-refractivity contribution in [2.45, 2.75) is 19.9 Å². The maximum Gasteiger partial charge on any atom is 0.319 e. The lowest BCUT2D eigenvalue weighted by Crippen LogP contribution is -2.42. The first-order valence-corrected chi connectivity index (χ1v) is 6.91. The molecule has 1 aromatic carbocycles. The van der Waals surface area contributed by atoms with Gasteiger partial charge in [-0.1, -0.05) is 18.2 Å². The molecule has 0 unspecified atom stereocenters. The monoisotopic (exact) mass is 305 g/mol. The Morgan fingerprint density at radius 1 is 1.29 bits per heavy atom. The summed E-state index contributed by atoms with van der Waals surface area (Å²) in [5.74, 6) is 0. The van der Waals surface area contributed by atoms with E-state index in [1.54, 1.807) is 19.0 Å². The first-order chi connectivity index (χ1) is 9.58. The van der Waals surface area contributed by atoms with Crippen molar-refractivity contribution in [3.05, 3.63) is 41.1 Å². The highest BCUT2D eigenvalue weighted by molar-refractivity contribution is 5.85. The maximum atomic E-state index is 12.1. The zero-order valence-corrected chi connectivity index (χ0v) is 13.4. The SMILES string of the molecule is Cc1c2c(nc3ccccc13)CCN(C(=O)N(C)C)C2.Cl. The number of carbonyl (C=O) groups excluding carboxylic acids is 1. The van der Waals surface area contributed by atoms with E-state index in [0.717, 1.165) is 24.2 Å². The van der Waals surface area contributed by atoms with Crippen LogP contribution in [0.15, 0.2) is 24.3 Å². The Morgan fingerprint density at radius 2 is 2.00 bits per heavy atom. The van der Waals surface area contributed by atoms with E-state index in [2.05, 4.69) is 19.1 Å². The van der Waals surface area contributed by atoms with Crippen molar-refractivity contribution >= 4 is 29.3 Å². The van der Waals surface area contributed by atoms with E-state index in [4.69, 9.17) is 4.98 Å². The molecule has 2 heterocycles. The topological polar surface area (TPSA) is 36.4 Å². The Bertz CT molecular complexity index is 685. The molecule has 0 saturated carbocycles. The number of para-hydroxylation sites is 1. The van der Waals surface area contributed by atoms with Crippen LogP contribution in [0.1, 0.15) is 16.8 Å². The fourth-order valence-electron chi connectivity index (χ4n) is 2.85. The smallest absolute Gasteiger partial charge is 0.319 e. The van der Waals surface area contributed by atoms with Gasteiger partial charge in [-0.15, -0.1) is 12.4 Å². The van der Waals surface area contributed by atoms with Gasteiger partial charge in [0.1, 0.15) is 0 Å². The fraction of sp³-hybridized carbons (Fsp3) is 0.375. The second-order valence-corrected chi connectivity index (χ2v) is 5.53. The summed E-state index contributed by atoms with van der Waals surface area (Å²) in [6, 6.07) is 8.29. The molecule has 5 heteroatoms. The highest BCUT2D eigenvalue weighted by Crippen LogP contribution is 2.27. The molecule has 0 fully saturated rings. The first kappa shape index (κ1) is 15.6. The number of aryl methyl sites for hydroxylation is 1. The number of hydrogen-bond donors (Lipinski definition) is 0. The normalized spacial score (nSPS) is 13.6. The molecule has 0 spiro atoms. The van der Waals surface area contributed by atoms with Gasteiger partial charge in [-0.2, -0.15) is 0 Å². The van der Waals surface area contributed by atoms with Gasteiger partial charge in [0, 0.05) is 44.7 Å².